The molecule has 1 saturated heterocycles. The highest BCUT2D eigenvalue weighted by molar-refractivity contribution is 6.02. The zero-order chi connectivity index (χ0) is 18.7. The van der Waals surface area contributed by atoms with Gasteiger partial charge in [0.15, 0.2) is 0 Å². The predicted octanol–water partition coefficient (Wildman–Crippen LogP) is 3.62. The number of anilines is 2. The maximum atomic E-state index is 13.4. The highest BCUT2D eigenvalue weighted by Crippen LogP contribution is 2.24. The molecular weight excluding hydrogens is 333 g/mol. The van der Waals surface area contributed by atoms with Crippen LogP contribution in [-0.4, -0.2) is 24.5 Å². The standard InChI is InChI=1S/C20H22FN3O2/c1-3-14-5-4-6-15(12-14)22-20(26)23-18-9-10-24(19(18)25)16-7-8-17(21)13(2)11-16/h4-8,11-12,18H,3,9-10H2,1-2H3,(H2,22,23,26)/t18-/m1/s1. The van der Waals surface area contributed by atoms with Crippen molar-refractivity contribution < 1.29 is 14.0 Å². The maximum Gasteiger partial charge on any atom is 0.319 e. The van der Waals surface area contributed by atoms with Gasteiger partial charge < -0.3 is 15.5 Å². The molecule has 1 aliphatic rings. The van der Waals surface area contributed by atoms with E-state index in [-0.39, 0.29) is 11.7 Å². The number of nitrogens with zero attached hydrogens (tertiary/aromatic N) is 1. The van der Waals surface area contributed by atoms with E-state index in [1.807, 2.05) is 31.2 Å². The van der Waals surface area contributed by atoms with Crippen LogP contribution in [0.25, 0.3) is 0 Å². The molecule has 0 unspecified atom stereocenters. The topological polar surface area (TPSA) is 61.4 Å². The first-order valence-corrected chi connectivity index (χ1v) is 8.72. The van der Waals surface area contributed by atoms with Crippen LogP contribution in [0.4, 0.5) is 20.6 Å². The highest BCUT2D eigenvalue weighted by atomic mass is 19.1. The highest BCUT2D eigenvalue weighted by Gasteiger charge is 2.33. The lowest BCUT2D eigenvalue weighted by molar-refractivity contribution is -0.118. The molecular formula is C20H22FN3O2. The van der Waals surface area contributed by atoms with E-state index in [0.717, 1.165) is 12.0 Å². The fraction of sp³-hybridized carbons (Fsp3) is 0.300. The number of amides is 3. The second kappa shape index (κ2) is 7.56. The molecule has 3 rings (SSSR count). The van der Waals surface area contributed by atoms with Gasteiger partial charge in [-0.05, 0) is 61.2 Å². The Morgan fingerprint density at radius 1 is 1.27 bits per heavy atom. The number of benzene rings is 2. The van der Waals surface area contributed by atoms with Crippen molar-refractivity contribution in [3.8, 4) is 0 Å². The minimum absolute atomic E-state index is 0.187. The molecule has 1 atom stereocenters. The van der Waals surface area contributed by atoms with E-state index in [9.17, 15) is 14.0 Å². The zero-order valence-electron chi connectivity index (χ0n) is 14.9. The SMILES string of the molecule is CCc1cccc(NC(=O)N[C@@H]2CCN(c3ccc(F)c(C)c3)C2=O)c1. The summed E-state index contributed by atoms with van der Waals surface area (Å²) in [6.07, 6.45) is 1.39. The average Bonchev–Trinajstić information content (AvgIpc) is 2.98. The van der Waals surface area contributed by atoms with Crippen LogP contribution in [-0.2, 0) is 11.2 Å². The van der Waals surface area contributed by atoms with Crippen molar-refractivity contribution in [2.45, 2.75) is 32.7 Å². The van der Waals surface area contributed by atoms with Crippen LogP contribution in [0.1, 0.15) is 24.5 Å². The molecule has 0 radical (unpaired) electrons. The Labute approximate surface area is 152 Å². The normalized spacial score (nSPS) is 16.7. The van der Waals surface area contributed by atoms with Crippen LogP contribution in [0, 0.1) is 12.7 Å². The van der Waals surface area contributed by atoms with Crippen molar-refractivity contribution in [3.05, 3.63) is 59.4 Å². The van der Waals surface area contributed by atoms with E-state index < -0.39 is 12.1 Å². The molecule has 136 valence electrons. The zero-order valence-corrected chi connectivity index (χ0v) is 14.9. The number of hydrogen-bond donors (Lipinski definition) is 2. The summed E-state index contributed by atoms with van der Waals surface area (Å²) < 4.78 is 13.4. The van der Waals surface area contributed by atoms with Gasteiger partial charge in [-0.25, -0.2) is 9.18 Å². The third kappa shape index (κ3) is 3.85. The molecule has 1 aliphatic heterocycles. The minimum atomic E-state index is -0.588. The van der Waals surface area contributed by atoms with Crippen molar-refractivity contribution in [2.75, 3.05) is 16.8 Å². The molecule has 26 heavy (non-hydrogen) atoms. The molecule has 6 heteroatoms. The predicted molar refractivity (Wildman–Crippen MR) is 99.9 cm³/mol. The lowest BCUT2D eigenvalue weighted by Gasteiger charge is -2.18. The van der Waals surface area contributed by atoms with Crippen LogP contribution >= 0.6 is 0 Å². The minimum Gasteiger partial charge on any atom is -0.326 e. The Hall–Kier alpha value is -2.89. The molecule has 0 aromatic heterocycles. The van der Waals surface area contributed by atoms with Gasteiger partial charge in [-0.3, -0.25) is 4.79 Å². The van der Waals surface area contributed by atoms with E-state index in [1.165, 1.54) is 6.07 Å². The summed E-state index contributed by atoms with van der Waals surface area (Å²) in [6, 6.07) is 11.2. The van der Waals surface area contributed by atoms with E-state index in [2.05, 4.69) is 10.6 Å². The Kier molecular flexibility index (Phi) is 5.21. The number of nitrogens with one attached hydrogen (secondary N) is 2. The summed E-state index contributed by atoms with van der Waals surface area (Å²) >= 11 is 0. The van der Waals surface area contributed by atoms with Gasteiger partial charge in [-0.15, -0.1) is 0 Å². The quantitative estimate of drug-likeness (QED) is 0.880. The number of carbonyl (C=O) groups is 2. The lowest BCUT2D eigenvalue weighted by Crippen LogP contribution is -2.43. The van der Waals surface area contributed by atoms with Crippen LogP contribution < -0.4 is 15.5 Å². The molecule has 0 aliphatic carbocycles. The molecule has 2 aromatic rings. The van der Waals surface area contributed by atoms with Gasteiger partial charge in [-0.2, -0.15) is 0 Å². The van der Waals surface area contributed by atoms with Gasteiger partial charge in [-0.1, -0.05) is 19.1 Å². The van der Waals surface area contributed by atoms with Gasteiger partial charge in [0, 0.05) is 17.9 Å². The summed E-state index contributed by atoms with van der Waals surface area (Å²) in [5, 5.41) is 5.49. The molecule has 0 spiro atoms. The number of carbonyl (C=O) groups excluding carboxylic acids is 2. The monoisotopic (exact) mass is 355 g/mol. The van der Waals surface area contributed by atoms with Crippen molar-refractivity contribution in [3.63, 3.8) is 0 Å². The third-order valence-corrected chi connectivity index (χ3v) is 4.56. The smallest absolute Gasteiger partial charge is 0.319 e. The summed E-state index contributed by atoms with van der Waals surface area (Å²) in [5.74, 6) is -0.489. The number of aryl methyl sites for hydroxylation is 2. The molecule has 0 bridgehead atoms. The van der Waals surface area contributed by atoms with Crippen LogP contribution in [0.2, 0.25) is 0 Å². The lowest BCUT2D eigenvalue weighted by atomic mass is 10.1. The third-order valence-electron chi connectivity index (χ3n) is 4.56. The first-order valence-electron chi connectivity index (χ1n) is 8.72. The van der Waals surface area contributed by atoms with Gasteiger partial charge >= 0.3 is 6.03 Å². The summed E-state index contributed by atoms with van der Waals surface area (Å²) in [7, 11) is 0. The number of urea groups is 1. The molecule has 2 N–H and O–H groups in total. The number of rotatable bonds is 4. The molecule has 5 nitrogen and oxygen atoms in total. The fourth-order valence-corrected chi connectivity index (χ4v) is 3.06. The fourth-order valence-electron chi connectivity index (χ4n) is 3.06. The Morgan fingerprint density at radius 2 is 2.08 bits per heavy atom. The Morgan fingerprint density at radius 3 is 2.81 bits per heavy atom. The van der Waals surface area contributed by atoms with Gasteiger partial charge in [0.05, 0.1) is 0 Å². The molecule has 2 aromatic carbocycles. The van der Waals surface area contributed by atoms with Crippen LogP contribution in [0.15, 0.2) is 42.5 Å². The summed E-state index contributed by atoms with van der Waals surface area (Å²) in [4.78, 5) is 26.4. The number of hydrogen-bond acceptors (Lipinski definition) is 2. The Bertz CT molecular complexity index is 838. The van der Waals surface area contributed by atoms with E-state index in [0.29, 0.717) is 29.9 Å². The van der Waals surface area contributed by atoms with Crippen molar-refractivity contribution in [2.24, 2.45) is 0 Å². The van der Waals surface area contributed by atoms with Gasteiger partial charge in [0.25, 0.3) is 0 Å². The first-order chi connectivity index (χ1) is 12.5. The summed E-state index contributed by atoms with van der Waals surface area (Å²) in [5.41, 5.74) is 2.95. The van der Waals surface area contributed by atoms with Gasteiger partial charge in [0.1, 0.15) is 11.9 Å². The molecule has 0 saturated carbocycles. The molecule has 1 heterocycles. The first kappa shape index (κ1) is 17.9. The average molecular weight is 355 g/mol. The van der Waals surface area contributed by atoms with Gasteiger partial charge in [0.2, 0.25) is 5.91 Å². The molecule has 1 fully saturated rings. The van der Waals surface area contributed by atoms with Crippen molar-refractivity contribution in [1.29, 1.82) is 0 Å². The van der Waals surface area contributed by atoms with E-state index in [4.69, 9.17) is 0 Å². The van der Waals surface area contributed by atoms with Crippen molar-refractivity contribution in [1.82, 2.24) is 5.32 Å². The summed E-state index contributed by atoms with van der Waals surface area (Å²) in [6.45, 7) is 4.19. The van der Waals surface area contributed by atoms with E-state index in [1.54, 1.807) is 24.0 Å². The second-order valence-electron chi connectivity index (χ2n) is 6.42. The largest absolute Gasteiger partial charge is 0.326 e. The van der Waals surface area contributed by atoms with Crippen LogP contribution in [0.3, 0.4) is 0 Å². The van der Waals surface area contributed by atoms with Crippen LogP contribution in [0.5, 0.6) is 0 Å². The Balaban J connectivity index is 1.62. The van der Waals surface area contributed by atoms with E-state index >= 15 is 0 Å². The molecule has 3 amide bonds. The second-order valence-corrected chi connectivity index (χ2v) is 6.42. The maximum absolute atomic E-state index is 13.4. The van der Waals surface area contributed by atoms with Crippen molar-refractivity contribution >= 4 is 23.3 Å². The number of halogens is 1.